The largest absolute Gasteiger partial charge is 0.412 e. The van der Waals surface area contributed by atoms with Gasteiger partial charge < -0.3 is 21.9 Å². The topological polar surface area (TPSA) is 126 Å². The predicted molar refractivity (Wildman–Crippen MR) is 31.7 cm³/mol. The molecular weight excluding hydrogens is 349 g/mol. The quantitative estimate of drug-likeness (QED) is 0.388. The summed E-state index contributed by atoms with van der Waals surface area (Å²) in [6.45, 7) is 0. The molecule has 0 rings (SSSR count). The second-order valence-corrected chi connectivity index (χ2v) is 0. The third-order valence-electron chi connectivity index (χ3n) is 0. The summed E-state index contributed by atoms with van der Waals surface area (Å²) >= 11 is 0. The first-order chi connectivity index (χ1) is 0. The van der Waals surface area contributed by atoms with E-state index in [4.69, 9.17) is 0 Å². The molecule has 4 nitrogen and oxygen atoms in total. The van der Waals surface area contributed by atoms with Crippen molar-refractivity contribution in [3.05, 3.63) is 0 Å². The van der Waals surface area contributed by atoms with Crippen molar-refractivity contribution >= 4 is 106 Å². The number of hydrogen-bond acceptors (Lipinski definition) is 0. The minimum absolute atomic E-state index is 0. The Morgan fingerprint density at radius 3 is 0.429 bits per heavy atom. The van der Waals surface area contributed by atoms with Crippen LogP contribution in [0.15, 0.2) is 0 Å². The Morgan fingerprint density at radius 2 is 0.429 bits per heavy atom. The van der Waals surface area contributed by atoms with Gasteiger partial charge in [-0.05, 0) is 0 Å². The van der Waals surface area contributed by atoms with E-state index in [-0.39, 0.29) is 128 Å². The van der Waals surface area contributed by atoms with E-state index in [2.05, 4.69) is 0 Å². The molecule has 0 aliphatic heterocycles. The van der Waals surface area contributed by atoms with E-state index >= 15 is 0 Å². The molecule has 0 saturated heterocycles. The van der Waals surface area contributed by atoms with Gasteiger partial charge in [-0.1, -0.05) is 0 Å². The third-order valence-corrected chi connectivity index (χ3v) is 0. The van der Waals surface area contributed by atoms with Crippen molar-refractivity contribution in [1.29, 1.82) is 0 Å². The standard InChI is InChI=1S/B.2Ba.4H2O/h;;;4*1H2. The molecule has 0 bridgehead atoms. The smallest absolute Gasteiger partial charge is 0 e. The molecule has 0 aromatic carbocycles. The van der Waals surface area contributed by atoms with Crippen LogP contribution in [-0.4, -0.2) is 128 Å². The Labute approximate surface area is 125 Å². The fraction of sp³-hybridized carbons (Fsp3) is 0. The average molecular weight is 358 g/mol. The molecule has 8 N–H and O–H groups in total. The van der Waals surface area contributed by atoms with E-state index in [0.717, 1.165) is 0 Å². The molecule has 0 fully saturated rings. The normalized spacial score (nSPS) is 0. The molecule has 0 unspecified atom stereocenters. The molecule has 39 valence electrons. The summed E-state index contributed by atoms with van der Waals surface area (Å²) in [4.78, 5) is 0. The second kappa shape index (κ2) is 63.1. The molecule has 0 aliphatic carbocycles. The fourth-order valence-electron chi connectivity index (χ4n) is 0. The van der Waals surface area contributed by atoms with Gasteiger partial charge in [0.25, 0.3) is 0 Å². The van der Waals surface area contributed by atoms with Crippen LogP contribution in [0.3, 0.4) is 0 Å². The number of hydrogen-bond donors (Lipinski definition) is 0. The predicted octanol–water partition coefficient (Wildman–Crippen LogP) is -4.44. The van der Waals surface area contributed by atoms with Gasteiger partial charge in [-0.2, -0.15) is 0 Å². The van der Waals surface area contributed by atoms with Crippen molar-refractivity contribution < 1.29 is 21.9 Å². The maximum absolute atomic E-state index is 0. The molecule has 7 radical (unpaired) electrons. The van der Waals surface area contributed by atoms with Gasteiger partial charge in [0.1, 0.15) is 0 Å². The van der Waals surface area contributed by atoms with E-state index in [9.17, 15) is 0 Å². The molecule has 0 heterocycles. The van der Waals surface area contributed by atoms with Crippen molar-refractivity contribution in [3.8, 4) is 0 Å². The van der Waals surface area contributed by atoms with Crippen molar-refractivity contribution in [3.63, 3.8) is 0 Å². The molecule has 7 heavy (non-hydrogen) atoms. The van der Waals surface area contributed by atoms with Gasteiger partial charge in [0.05, 0.1) is 0 Å². The minimum Gasteiger partial charge on any atom is -0.412 e. The summed E-state index contributed by atoms with van der Waals surface area (Å²) in [7, 11) is 0. The first kappa shape index (κ1) is 88.5. The van der Waals surface area contributed by atoms with Crippen molar-refractivity contribution in [1.82, 2.24) is 0 Å². The molecule has 0 aliphatic rings. The molecule has 0 aromatic heterocycles. The molecule has 0 amide bonds. The van der Waals surface area contributed by atoms with Crippen molar-refractivity contribution in [2.24, 2.45) is 0 Å². The maximum atomic E-state index is 0. The van der Waals surface area contributed by atoms with Crippen LogP contribution in [0, 0.1) is 0 Å². The first-order valence-corrected chi connectivity index (χ1v) is 0. The number of rotatable bonds is 0. The van der Waals surface area contributed by atoms with E-state index < -0.39 is 0 Å². The van der Waals surface area contributed by atoms with E-state index in [0.29, 0.717) is 0 Å². The van der Waals surface area contributed by atoms with Gasteiger partial charge in [0.2, 0.25) is 0 Å². The SMILES string of the molecule is O.O.O.O.[B].[Ba].[Ba]. The van der Waals surface area contributed by atoms with Gasteiger partial charge in [-0.25, -0.2) is 0 Å². The monoisotopic (exact) mass is 359 g/mol. The fourth-order valence-corrected chi connectivity index (χ4v) is 0. The molecule has 0 spiro atoms. The zero-order valence-corrected chi connectivity index (χ0v) is 12.9. The minimum atomic E-state index is 0. The summed E-state index contributed by atoms with van der Waals surface area (Å²) in [5.41, 5.74) is 0. The third kappa shape index (κ3) is 48.4. The van der Waals surface area contributed by atoms with Crippen LogP contribution < -0.4 is 0 Å². The zero-order valence-electron chi connectivity index (χ0n) is 3.99. The summed E-state index contributed by atoms with van der Waals surface area (Å²) < 4.78 is 0. The first-order valence-electron chi connectivity index (χ1n) is 0. The summed E-state index contributed by atoms with van der Waals surface area (Å²) in [5, 5.41) is 0. The van der Waals surface area contributed by atoms with Gasteiger partial charge in [-0.3, -0.25) is 0 Å². The second-order valence-electron chi connectivity index (χ2n) is 0. The summed E-state index contributed by atoms with van der Waals surface area (Å²) in [6.07, 6.45) is 0. The molecule has 7 heteroatoms. The maximum Gasteiger partial charge on any atom is 0 e. The van der Waals surface area contributed by atoms with Crippen LogP contribution in [0.25, 0.3) is 0 Å². The van der Waals surface area contributed by atoms with Crippen molar-refractivity contribution in [2.75, 3.05) is 0 Å². The van der Waals surface area contributed by atoms with E-state index in [1.807, 2.05) is 0 Å². The van der Waals surface area contributed by atoms with Crippen LogP contribution in [-0.2, 0) is 0 Å². The van der Waals surface area contributed by atoms with Crippen LogP contribution in [0.2, 0.25) is 0 Å². The van der Waals surface area contributed by atoms with E-state index in [1.54, 1.807) is 0 Å². The van der Waals surface area contributed by atoms with Crippen molar-refractivity contribution in [2.45, 2.75) is 0 Å². The zero-order chi connectivity index (χ0) is 0. The molecule has 0 atom stereocenters. The average Bonchev–Trinajstić information content (AvgIpc) is 0. The molecule has 0 saturated carbocycles. The van der Waals surface area contributed by atoms with Gasteiger partial charge in [-0.15, -0.1) is 0 Å². The Kier molecular flexibility index (Phi) is 798. The van der Waals surface area contributed by atoms with Gasteiger partial charge in [0.15, 0.2) is 0 Å². The van der Waals surface area contributed by atoms with Gasteiger partial charge >= 0.3 is 0 Å². The summed E-state index contributed by atoms with van der Waals surface area (Å²) in [5.74, 6) is 0. The summed E-state index contributed by atoms with van der Waals surface area (Å²) in [6, 6.07) is 0. The Balaban J connectivity index is 0. The van der Waals surface area contributed by atoms with Crippen LogP contribution in [0.4, 0.5) is 0 Å². The van der Waals surface area contributed by atoms with E-state index in [1.165, 1.54) is 0 Å². The molecule has 0 aromatic rings. The molecular formula is H8BBa2O4. The van der Waals surface area contributed by atoms with Crippen LogP contribution in [0.5, 0.6) is 0 Å². The van der Waals surface area contributed by atoms with Crippen LogP contribution in [0.1, 0.15) is 0 Å². The Morgan fingerprint density at radius 1 is 0.429 bits per heavy atom. The Hall–Kier alpha value is 3.05. The van der Waals surface area contributed by atoms with Crippen LogP contribution >= 0.6 is 0 Å². The Bertz CT molecular complexity index is 9.65. The van der Waals surface area contributed by atoms with Gasteiger partial charge in [0, 0.05) is 106 Å².